The molecule has 0 amide bonds. The standard InChI is InChI=1S/C12H38O5Si6/c1-2-3-4-5-6-7-8-9-10-11-12-19-14-21-16-23-17-22-15-20-13-18/h2-12,19-23H2,1,18H3. The lowest BCUT2D eigenvalue weighted by Crippen LogP contribution is -2.17. The van der Waals surface area contributed by atoms with Gasteiger partial charge in [-0.1, -0.05) is 71.1 Å². The first-order valence-electron chi connectivity index (χ1n) is 9.21. The van der Waals surface area contributed by atoms with Gasteiger partial charge in [0, 0.05) is 0 Å². The molecule has 0 aliphatic carbocycles. The van der Waals surface area contributed by atoms with Gasteiger partial charge < -0.3 is 20.6 Å². The van der Waals surface area contributed by atoms with Crippen LogP contribution in [0.3, 0.4) is 0 Å². The maximum Gasteiger partial charge on any atom is 0.286 e. The summed E-state index contributed by atoms with van der Waals surface area (Å²) in [6.45, 7) is 2.28. The van der Waals surface area contributed by atoms with Crippen LogP contribution in [0, 0.1) is 0 Å². The van der Waals surface area contributed by atoms with Crippen molar-refractivity contribution in [1.82, 2.24) is 0 Å². The Morgan fingerprint density at radius 3 is 1.65 bits per heavy atom. The van der Waals surface area contributed by atoms with E-state index in [1.54, 1.807) is 0 Å². The summed E-state index contributed by atoms with van der Waals surface area (Å²) in [5, 5.41) is 0. The second-order valence-corrected chi connectivity index (χ2v) is 16.7. The van der Waals surface area contributed by atoms with Gasteiger partial charge in [-0.3, -0.25) is 0 Å². The molecule has 11 heteroatoms. The summed E-state index contributed by atoms with van der Waals surface area (Å²) in [7, 11) is -2.55. The Morgan fingerprint density at radius 1 is 0.609 bits per heavy atom. The zero-order chi connectivity index (χ0) is 16.8. The van der Waals surface area contributed by atoms with Crippen LogP contribution in [0.1, 0.15) is 71.1 Å². The Kier molecular flexibility index (Phi) is 24.2. The largest absolute Gasteiger partial charge is 0.449 e. The van der Waals surface area contributed by atoms with Crippen molar-refractivity contribution in [1.29, 1.82) is 0 Å². The van der Waals surface area contributed by atoms with Gasteiger partial charge in [0.05, 0.1) is 0 Å². The summed E-state index contributed by atoms with van der Waals surface area (Å²) in [5.41, 5.74) is 0. The molecule has 0 heterocycles. The molecule has 0 radical (unpaired) electrons. The highest BCUT2D eigenvalue weighted by Crippen LogP contribution is 2.11. The van der Waals surface area contributed by atoms with Crippen LogP contribution < -0.4 is 0 Å². The third-order valence-corrected chi connectivity index (χ3v) is 11.1. The van der Waals surface area contributed by atoms with Gasteiger partial charge in [0.25, 0.3) is 40.0 Å². The van der Waals surface area contributed by atoms with Gasteiger partial charge in [0.2, 0.25) is 0 Å². The zero-order valence-electron chi connectivity index (χ0n) is 15.4. The highest BCUT2D eigenvalue weighted by Gasteiger charge is 1.95. The van der Waals surface area contributed by atoms with E-state index in [1.165, 1.54) is 70.3 Å². The fourth-order valence-electron chi connectivity index (χ4n) is 2.29. The highest BCUT2D eigenvalue weighted by atomic mass is 28.4. The maximum atomic E-state index is 5.72. The average molecular weight is 431 g/mol. The molecule has 0 unspecified atom stereocenters. The predicted molar refractivity (Wildman–Crippen MR) is 115 cm³/mol. The van der Waals surface area contributed by atoms with Gasteiger partial charge in [-0.2, -0.15) is 0 Å². The van der Waals surface area contributed by atoms with E-state index < -0.39 is 40.0 Å². The molecule has 0 spiro atoms. The van der Waals surface area contributed by atoms with E-state index in [1.807, 2.05) is 0 Å². The molecule has 0 saturated carbocycles. The molecule has 0 aromatic heterocycles. The Hall–Kier alpha value is 1.10. The number of unbranched alkanes of at least 4 members (excludes halogenated alkanes) is 9. The van der Waals surface area contributed by atoms with Crippen molar-refractivity contribution in [2.45, 2.75) is 77.2 Å². The molecule has 0 aliphatic rings. The van der Waals surface area contributed by atoms with Crippen molar-refractivity contribution in [2.75, 3.05) is 0 Å². The molecular weight excluding hydrogens is 393 g/mol. The van der Waals surface area contributed by atoms with E-state index in [2.05, 4.69) is 6.92 Å². The predicted octanol–water partition coefficient (Wildman–Crippen LogP) is -1.23. The van der Waals surface area contributed by atoms with Crippen LogP contribution in [0.15, 0.2) is 0 Å². The lowest BCUT2D eigenvalue weighted by Gasteiger charge is -2.07. The quantitative estimate of drug-likeness (QED) is 0.179. The fraction of sp³-hybridized carbons (Fsp3) is 1.00. The molecule has 5 nitrogen and oxygen atoms in total. The summed E-state index contributed by atoms with van der Waals surface area (Å²) < 4.78 is 27.0. The van der Waals surface area contributed by atoms with Crippen LogP contribution in [-0.2, 0) is 20.6 Å². The minimum absolute atomic E-state index is 0.315. The fourth-order valence-corrected chi connectivity index (χ4v) is 11.7. The van der Waals surface area contributed by atoms with Gasteiger partial charge in [-0.25, -0.2) is 0 Å². The van der Waals surface area contributed by atoms with Crippen molar-refractivity contribution in [2.24, 2.45) is 0 Å². The number of hydrogen-bond donors (Lipinski definition) is 0. The highest BCUT2D eigenvalue weighted by molar-refractivity contribution is 6.47. The molecule has 0 saturated heterocycles. The van der Waals surface area contributed by atoms with E-state index in [9.17, 15) is 0 Å². The van der Waals surface area contributed by atoms with E-state index in [0.717, 1.165) is 10.5 Å². The third kappa shape index (κ3) is 23.1. The van der Waals surface area contributed by atoms with Crippen LogP contribution in [0.5, 0.6) is 0 Å². The monoisotopic (exact) mass is 430 g/mol. The number of hydrogen-bond acceptors (Lipinski definition) is 5. The summed E-state index contributed by atoms with van der Waals surface area (Å²) in [4.78, 5) is 0. The molecule has 0 aromatic carbocycles. The Labute approximate surface area is 158 Å². The van der Waals surface area contributed by atoms with Gasteiger partial charge in [0.15, 0.2) is 0 Å². The second-order valence-electron chi connectivity index (χ2n) is 5.82. The van der Waals surface area contributed by atoms with Crippen LogP contribution in [0.4, 0.5) is 0 Å². The van der Waals surface area contributed by atoms with Gasteiger partial charge >= 0.3 is 0 Å². The average Bonchev–Trinajstić information content (AvgIpc) is 2.57. The SMILES string of the molecule is CCCCCCCCCCCC[SiH2]O[SiH2]O[SiH2]O[SiH2]O[SiH2]O[SiH3]. The first-order chi connectivity index (χ1) is 11.4. The minimum Gasteiger partial charge on any atom is -0.449 e. The molecule has 0 rings (SSSR count). The van der Waals surface area contributed by atoms with Crippen molar-refractivity contribution >= 4 is 60.3 Å². The second kappa shape index (κ2) is 23.1. The van der Waals surface area contributed by atoms with Crippen molar-refractivity contribution < 1.29 is 20.6 Å². The van der Waals surface area contributed by atoms with E-state index in [0.29, 0.717) is 0 Å². The first-order valence-corrected chi connectivity index (χ1v) is 16.2. The van der Waals surface area contributed by atoms with Crippen LogP contribution >= 0.6 is 0 Å². The molecule has 0 fully saturated rings. The first kappa shape index (κ1) is 24.1. The molecule has 23 heavy (non-hydrogen) atoms. The van der Waals surface area contributed by atoms with Gasteiger partial charge in [-0.15, -0.1) is 0 Å². The van der Waals surface area contributed by atoms with E-state index in [4.69, 9.17) is 20.6 Å². The summed E-state index contributed by atoms with van der Waals surface area (Å²) >= 11 is 0. The zero-order valence-corrected chi connectivity index (χ0v) is 24.4. The third-order valence-electron chi connectivity index (χ3n) is 3.59. The lowest BCUT2D eigenvalue weighted by atomic mass is 10.1. The topological polar surface area (TPSA) is 46.2 Å². The van der Waals surface area contributed by atoms with Crippen molar-refractivity contribution in [3.63, 3.8) is 0 Å². The summed E-state index contributed by atoms with van der Waals surface area (Å²) in [5.74, 6) is 0. The molecule has 140 valence electrons. The lowest BCUT2D eigenvalue weighted by molar-refractivity contribution is 0.389. The smallest absolute Gasteiger partial charge is 0.286 e. The van der Waals surface area contributed by atoms with Crippen LogP contribution in [-0.4, -0.2) is 60.3 Å². The van der Waals surface area contributed by atoms with E-state index >= 15 is 0 Å². The number of rotatable bonds is 20. The summed E-state index contributed by atoms with van der Waals surface area (Å²) in [6, 6.07) is 1.32. The Balaban J connectivity index is 2.92. The molecule has 0 aliphatic heterocycles. The molecule has 0 bridgehead atoms. The molecular formula is C12H38O5Si6. The Bertz CT molecular complexity index is 198. The van der Waals surface area contributed by atoms with Crippen LogP contribution in [0.2, 0.25) is 6.04 Å². The maximum absolute atomic E-state index is 5.72. The minimum atomic E-state index is -0.805. The summed E-state index contributed by atoms with van der Waals surface area (Å²) in [6.07, 6.45) is 14.1. The molecule has 0 atom stereocenters. The molecule has 0 N–H and O–H groups in total. The van der Waals surface area contributed by atoms with E-state index in [-0.39, 0.29) is 9.76 Å². The molecule has 0 aromatic rings. The van der Waals surface area contributed by atoms with Gasteiger partial charge in [-0.05, 0) is 6.04 Å². The van der Waals surface area contributed by atoms with Crippen molar-refractivity contribution in [3.05, 3.63) is 0 Å². The van der Waals surface area contributed by atoms with Crippen molar-refractivity contribution in [3.8, 4) is 0 Å². The van der Waals surface area contributed by atoms with Gasteiger partial charge in [0.1, 0.15) is 20.2 Å². The Morgan fingerprint density at radius 2 is 1.09 bits per heavy atom. The normalized spacial score (nSPS) is 14.0. The van der Waals surface area contributed by atoms with Crippen LogP contribution in [0.25, 0.3) is 0 Å².